The maximum absolute atomic E-state index is 14.0. The van der Waals surface area contributed by atoms with E-state index in [1.165, 1.54) is 17.8 Å². The lowest BCUT2D eigenvalue weighted by atomic mass is 10.2. The quantitative estimate of drug-likeness (QED) is 0.800. The number of halogens is 2. The van der Waals surface area contributed by atoms with E-state index < -0.39 is 0 Å². The van der Waals surface area contributed by atoms with E-state index in [1.54, 1.807) is 23.1 Å². The van der Waals surface area contributed by atoms with Crippen molar-refractivity contribution in [2.24, 2.45) is 0 Å². The molecule has 0 spiro atoms. The first-order valence-electron chi connectivity index (χ1n) is 6.11. The summed E-state index contributed by atoms with van der Waals surface area (Å²) in [6.45, 7) is 0. The second kappa shape index (κ2) is 5.58. The summed E-state index contributed by atoms with van der Waals surface area (Å²) < 4.78 is 14.9. The fraction of sp³-hybridized carbons (Fsp3) is 0.133. The van der Waals surface area contributed by atoms with Crippen LogP contribution >= 0.6 is 27.7 Å². The van der Waals surface area contributed by atoms with Crippen molar-refractivity contribution in [3.63, 3.8) is 0 Å². The molecule has 2 aromatic carbocycles. The molecule has 2 aromatic rings. The predicted octanol–water partition coefficient (Wildman–Crippen LogP) is 4.37. The third-order valence-electron chi connectivity index (χ3n) is 3.15. The molecule has 1 aliphatic heterocycles. The second-order valence-electron chi connectivity index (χ2n) is 4.40. The Kier molecular flexibility index (Phi) is 3.81. The van der Waals surface area contributed by atoms with Gasteiger partial charge in [0, 0.05) is 4.47 Å². The first-order valence-corrected chi connectivity index (χ1v) is 7.95. The van der Waals surface area contributed by atoms with Gasteiger partial charge in [-0.3, -0.25) is 9.69 Å². The SMILES string of the molecule is O=C1CS[C@@H](c2ccccc2Br)N1c1ccccc1F. The Morgan fingerprint density at radius 2 is 1.85 bits per heavy atom. The fourth-order valence-electron chi connectivity index (χ4n) is 2.24. The van der Waals surface area contributed by atoms with Crippen molar-refractivity contribution in [3.8, 4) is 0 Å². The normalized spacial score (nSPS) is 18.6. The van der Waals surface area contributed by atoms with E-state index in [9.17, 15) is 9.18 Å². The average Bonchev–Trinajstić information content (AvgIpc) is 2.82. The number of para-hydroxylation sites is 1. The maximum Gasteiger partial charge on any atom is 0.238 e. The van der Waals surface area contributed by atoms with Crippen molar-refractivity contribution in [1.82, 2.24) is 0 Å². The highest BCUT2D eigenvalue weighted by Crippen LogP contribution is 2.44. The molecule has 20 heavy (non-hydrogen) atoms. The van der Waals surface area contributed by atoms with Gasteiger partial charge in [0.1, 0.15) is 11.2 Å². The molecule has 0 unspecified atom stereocenters. The van der Waals surface area contributed by atoms with Crippen LogP contribution in [0.2, 0.25) is 0 Å². The highest BCUT2D eigenvalue weighted by atomic mass is 79.9. The molecule has 0 saturated carbocycles. The smallest absolute Gasteiger partial charge is 0.238 e. The zero-order valence-corrected chi connectivity index (χ0v) is 12.8. The molecule has 0 N–H and O–H groups in total. The van der Waals surface area contributed by atoms with Gasteiger partial charge in [-0.15, -0.1) is 11.8 Å². The lowest BCUT2D eigenvalue weighted by molar-refractivity contribution is -0.115. The van der Waals surface area contributed by atoms with E-state index in [0.29, 0.717) is 11.4 Å². The summed E-state index contributed by atoms with van der Waals surface area (Å²) >= 11 is 5.01. The van der Waals surface area contributed by atoms with Crippen LogP contribution in [0.25, 0.3) is 0 Å². The molecular formula is C15H11BrFNOS. The predicted molar refractivity (Wildman–Crippen MR) is 83.2 cm³/mol. The standard InChI is InChI=1S/C15H11BrFNOS/c16-11-6-2-1-5-10(11)15-18(14(19)9-20-15)13-8-4-3-7-12(13)17/h1-8,15H,9H2/t15-/m0/s1. The fourth-order valence-corrected chi connectivity index (χ4v) is 4.10. The number of amides is 1. The highest BCUT2D eigenvalue weighted by Gasteiger charge is 2.36. The Labute approximate surface area is 129 Å². The number of benzene rings is 2. The molecule has 0 bridgehead atoms. The van der Waals surface area contributed by atoms with Crippen molar-refractivity contribution in [1.29, 1.82) is 0 Å². The molecular weight excluding hydrogens is 341 g/mol. The molecule has 3 rings (SSSR count). The molecule has 0 radical (unpaired) electrons. The first kappa shape index (κ1) is 13.6. The van der Waals surface area contributed by atoms with Crippen molar-refractivity contribution in [2.45, 2.75) is 5.37 Å². The van der Waals surface area contributed by atoms with Gasteiger partial charge in [0.15, 0.2) is 0 Å². The van der Waals surface area contributed by atoms with Gasteiger partial charge in [0.2, 0.25) is 5.91 Å². The second-order valence-corrected chi connectivity index (χ2v) is 6.32. The summed E-state index contributed by atoms with van der Waals surface area (Å²) in [4.78, 5) is 13.7. The van der Waals surface area contributed by atoms with Gasteiger partial charge in [-0.05, 0) is 23.8 Å². The van der Waals surface area contributed by atoms with Gasteiger partial charge >= 0.3 is 0 Å². The number of nitrogens with zero attached hydrogens (tertiary/aromatic N) is 1. The average molecular weight is 352 g/mol. The number of carbonyl (C=O) groups is 1. The Hall–Kier alpha value is -1.33. The third kappa shape index (κ3) is 2.36. The molecule has 1 saturated heterocycles. The van der Waals surface area contributed by atoms with Gasteiger partial charge < -0.3 is 0 Å². The van der Waals surface area contributed by atoms with Crippen LogP contribution in [0.1, 0.15) is 10.9 Å². The number of carbonyl (C=O) groups excluding carboxylic acids is 1. The summed E-state index contributed by atoms with van der Waals surface area (Å²) in [7, 11) is 0. The summed E-state index contributed by atoms with van der Waals surface area (Å²) in [5, 5.41) is -0.199. The van der Waals surface area contributed by atoms with Gasteiger partial charge in [-0.1, -0.05) is 46.3 Å². The molecule has 0 aliphatic carbocycles. The van der Waals surface area contributed by atoms with E-state index >= 15 is 0 Å². The van der Waals surface area contributed by atoms with Crippen LogP contribution in [0, 0.1) is 5.82 Å². The van der Waals surface area contributed by atoms with E-state index in [4.69, 9.17) is 0 Å². The lowest BCUT2D eigenvalue weighted by Gasteiger charge is -2.25. The van der Waals surface area contributed by atoms with Crippen LogP contribution in [0.5, 0.6) is 0 Å². The first-order chi connectivity index (χ1) is 9.68. The van der Waals surface area contributed by atoms with Crippen LogP contribution in [0.3, 0.4) is 0 Å². The largest absolute Gasteiger partial charge is 0.292 e. The third-order valence-corrected chi connectivity index (χ3v) is 5.07. The van der Waals surface area contributed by atoms with Gasteiger partial charge in [-0.25, -0.2) is 4.39 Å². The Morgan fingerprint density at radius 3 is 2.60 bits per heavy atom. The van der Waals surface area contributed by atoms with E-state index in [2.05, 4.69) is 15.9 Å². The minimum atomic E-state index is -0.375. The van der Waals surface area contributed by atoms with E-state index in [1.807, 2.05) is 24.3 Å². The molecule has 1 amide bonds. The number of thioether (sulfide) groups is 1. The molecule has 1 heterocycles. The van der Waals surface area contributed by atoms with Crippen LogP contribution in [-0.4, -0.2) is 11.7 Å². The van der Waals surface area contributed by atoms with Crippen LogP contribution in [0.15, 0.2) is 53.0 Å². The minimum Gasteiger partial charge on any atom is -0.292 e. The number of hydrogen-bond donors (Lipinski definition) is 0. The van der Waals surface area contributed by atoms with Crippen LogP contribution in [0.4, 0.5) is 10.1 Å². The molecule has 1 atom stereocenters. The minimum absolute atomic E-state index is 0.0687. The zero-order valence-electron chi connectivity index (χ0n) is 10.4. The number of rotatable bonds is 2. The molecule has 102 valence electrons. The molecule has 5 heteroatoms. The summed E-state index contributed by atoms with van der Waals surface area (Å²) in [6.07, 6.45) is 0. The molecule has 1 fully saturated rings. The molecule has 2 nitrogen and oxygen atoms in total. The van der Waals surface area contributed by atoms with Crippen molar-refractivity contribution in [2.75, 3.05) is 10.7 Å². The van der Waals surface area contributed by atoms with Gasteiger partial charge in [-0.2, -0.15) is 0 Å². The lowest BCUT2D eigenvalue weighted by Crippen LogP contribution is -2.28. The number of anilines is 1. The Balaban J connectivity index is 2.06. The Bertz CT molecular complexity index is 664. The summed E-state index contributed by atoms with van der Waals surface area (Å²) in [5.74, 6) is -0.0818. The van der Waals surface area contributed by atoms with E-state index in [0.717, 1.165) is 10.0 Å². The summed E-state index contributed by atoms with van der Waals surface area (Å²) in [5.41, 5.74) is 1.31. The summed E-state index contributed by atoms with van der Waals surface area (Å²) in [6, 6.07) is 14.1. The van der Waals surface area contributed by atoms with Gasteiger partial charge in [0.05, 0.1) is 11.4 Å². The van der Waals surface area contributed by atoms with Crippen molar-refractivity contribution in [3.05, 3.63) is 64.4 Å². The van der Waals surface area contributed by atoms with Crippen LogP contribution in [-0.2, 0) is 4.79 Å². The van der Waals surface area contributed by atoms with E-state index in [-0.39, 0.29) is 17.1 Å². The molecule has 0 aromatic heterocycles. The highest BCUT2D eigenvalue weighted by molar-refractivity contribution is 9.10. The Morgan fingerprint density at radius 1 is 1.15 bits per heavy atom. The number of hydrogen-bond acceptors (Lipinski definition) is 2. The van der Waals surface area contributed by atoms with Gasteiger partial charge in [0.25, 0.3) is 0 Å². The zero-order chi connectivity index (χ0) is 14.1. The molecule has 1 aliphatic rings. The van der Waals surface area contributed by atoms with Crippen LogP contribution < -0.4 is 4.90 Å². The van der Waals surface area contributed by atoms with Crippen molar-refractivity contribution < 1.29 is 9.18 Å². The van der Waals surface area contributed by atoms with Crippen molar-refractivity contribution >= 4 is 39.3 Å². The maximum atomic E-state index is 14.0. The topological polar surface area (TPSA) is 20.3 Å². The monoisotopic (exact) mass is 351 g/mol.